The zero-order valence-electron chi connectivity index (χ0n) is 22.6. The third-order valence-corrected chi connectivity index (χ3v) is 7.85. The van der Waals surface area contributed by atoms with Gasteiger partial charge in [-0.2, -0.15) is 13.2 Å². The van der Waals surface area contributed by atoms with Gasteiger partial charge in [-0.25, -0.2) is 9.59 Å². The number of hydrogen-bond donors (Lipinski definition) is 4. The van der Waals surface area contributed by atoms with Crippen LogP contribution in [0.25, 0.3) is 0 Å². The minimum Gasteiger partial charge on any atom is -0.478 e. The second-order valence-electron chi connectivity index (χ2n) is 11.3. The lowest BCUT2D eigenvalue weighted by atomic mass is 9.48. The smallest absolute Gasteiger partial charge is 0.478 e. The molecule has 0 aliphatic heterocycles. The van der Waals surface area contributed by atoms with Crippen LogP contribution in [-0.2, 0) is 9.53 Å². The molecule has 0 aromatic heterocycles. The largest absolute Gasteiger partial charge is 0.490 e. The van der Waals surface area contributed by atoms with Crippen molar-refractivity contribution >= 4 is 23.6 Å². The van der Waals surface area contributed by atoms with Gasteiger partial charge in [-0.05, 0) is 113 Å². The number of benzene rings is 1. The van der Waals surface area contributed by atoms with Crippen molar-refractivity contribution in [2.45, 2.75) is 77.4 Å². The van der Waals surface area contributed by atoms with Crippen molar-refractivity contribution in [1.29, 1.82) is 0 Å². The van der Waals surface area contributed by atoms with E-state index in [1.165, 1.54) is 44.9 Å². The first-order valence-corrected chi connectivity index (χ1v) is 13.7. The highest BCUT2D eigenvalue weighted by Crippen LogP contribution is 2.61. The molecule has 4 bridgehead atoms. The molecule has 4 N–H and O–H groups in total. The Hall–Kier alpha value is -2.82. The summed E-state index contributed by atoms with van der Waals surface area (Å²) in [5.74, 6) is -0.0129. The van der Waals surface area contributed by atoms with Crippen LogP contribution in [0, 0.1) is 23.2 Å². The number of carboxylic acid groups (broad SMARTS) is 2. The van der Waals surface area contributed by atoms with Gasteiger partial charge in [0.25, 0.3) is 0 Å². The van der Waals surface area contributed by atoms with Crippen LogP contribution in [0.3, 0.4) is 0 Å². The number of anilines is 1. The van der Waals surface area contributed by atoms with E-state index in [4.69, 9.17) is 24.7 Å². The summed E-state index contributed by atoms with van der Waals surface area (Å²) >= 11 is 0. The van der Waals surface area contributed by atoms with Crippen LogP contribution in [0.15, 0.2) is 29.3 Å². The molecule has 4 saturated carbocycles. The van der Waals surface area contributed by atoms with E-state index in [1.807, 2.05) is 6.92 Å². The molecule has 1 unspecified atom stereocenters. The van der Waals surface area contributed by atoms with Crippen molar-refractivity contribution in [3.8, 4) is 0 Å². The molecule has 1 atom stereocenters. The Morgan fingerprint density at radius 3 is 2.08 bits per heavy atom. The number of halogens is 3. The average molecular weight is 556 g/mol. The fourth-order valence-electron chi connectivity index (χ4n) is 6.93. The van der Waals surface area contributed by atoms with E-state index in [-0.39, 0.29) is 5.56 Å². The Morgan fingerprint density at radius 1 is 1.08 bits per heavy atom. The van der Waals surface area contributed by atoms with E-state index < -0.39 is 18.1 Å². The van der Waals surface area contributed by atoms with Gasteiger partial charge in [0.15, 0.2) is 5.96 Å². The number of guanidine groups is 1. The number of carbonyl (C=O) groups is 2. The number of nitrogens with one attached hydrogen (secondary N) is 2. The van der Waals surface area contributed by atoms with Crippen LogP contribution in [0.4, 0.5) is 18.9 Å². The summed E-state index contributed by atoms with van der Waals surface area (Å²) < 4.78 is 37.2. The fourth-order valence-corrected chi connectivity index (χ4v) is 6.93. The van der Waals surface area contributed by atoms with E-state index in [9.17, 15) is 18.0 Å². The molecule has 1 aromatic carbocycles. The van der Waals surface area contributed by atoms with Crippen LogP contribution < -0.4 is 10.6 Å². The van der Waals surface area contributed by atoms with Crippen molar-refractivity contribution in [2.75, 3.05) is 25.1 Å². The zero-order chi connectivity index (χ0) is 28.6. The van der Waals surface area contributed by atoms with Crippen molar-refractivity contribution in [2.24, 2.45) is 28.2 Å². The summed E-state index contributed by atoms with van der Waals surface area (Å²) in [6, 6.07) is 7.17. The Kier molecular flexibility index (Phi) is 10.6. The number of aromatic carboxylic acids is 1. The van der Waals surface area contributed by atoms with Gasteiger partial charge in [0.1, 0.15) is 0 Å². The lowest BCUT2D eigenvalue weighted by Crippen LogP contribution is -2.49. The van der Waals surface area contributed by atoms with Gasteiger partial charge in [0.05, 0.1) is 5.56 Å². The highest BCUT2D eigenvalue weighted by molar-refractivity contribution is 5.94. The molecule has 4 aliphatic carbocycles. The normalized spacial score (nSPS) is 26.4. The number of alkyl halides is 3. The summed E-state index contributed by atoms with van der Waals surface area (Å²) in [5, 5.41) is 23.3. The number of aliphatic carboxylic acids is 1. The number of rotatable bonds is 10. The molecule has 218 valence electrons. The molecule has 0 heterocycles. The summed E-state index contributed by atoms with van der Waals surface area (Å²) in [6.45, 7) is 6.41. The van der Waals surface area contributed by atoms with Gasteiger partial charge >= 0.3 is 18.1 Å². The maximum atomic E-state index is 11.1. The second kappa shape index (κ2) is 13.5. The molecule has 4 aliphatic rings. The predicted octanol–water partition coefficient (Wildman–Crippen LogP) is 5.80. The number of hydrogen-bond acceptors (Lipinski definition) is 4. The van der Waals surface area contributed by atoms with Gasteiger partial charge in [-0.1, -0.05) is 0 Å². The minimum absolute atomic E-state index is 0.286. The summed E-state index contributed by atoms with van der Waals surface area (Å²) in [4.78, 5) is 24.8. The third kappa shape index (κ3) is 9.40. The standard InChI is InChI=1S/C26H39N3O3.C2HF3O2/c1-3-32-10-4-9-27-25(29-23-7-5-22(6-8-23)24(30)31)28-18(2)14-26-15-19-11-20(16-26)13-21(12-19)17-26;3-2(4,5)1(6)7/h5-8,18-21H,3-4,9-17H2,1-2H3,(H,30,31)(H2,27,28,29);(H,6,7). The average Bonchev–Trinajstić information content (AvgIpc) is 2.82. The number of nitrogens with zero attached hydrogens (tertiary/aromatic N) is 1. The molecule has 4 fully saturated rings. The predicted molar refractivity (Wildman–Crippen MR) is 142 cm³/mol. The van der Waals surface area contributed by atoms with Gasteiger partial charge in [-0.15, -0.1) is 0 Å². The highest BCUT2D eigenvalue weighted by Gasteiger charge is 2.51. The monoisotopic (exact) mass is 555 g/mol. The lowest BCUT2D eigenvalue weighted by Gasteiger charge is -2.57. The molecule has 0 saturated heterocycles. The summed E-state index contributed by atoms with van der Waals surface area (Å²) in [6.07, 6.45) is 5.66. The SMILES string of the molecule is CCOCCCN=C(Nc1ccc(C(=O)O)cc1)NC(C)CC12CC3CC(CC(C3)C1)C2.O=C(O)C(F)(F)F. The Morgan fingerprint density at radius 2 is 1.62 bits per heavy atom. The zero-order valence-corrected chi connectivity index (χ0v) is 22.6. The maximum absolute atomic E-state index is 11.1. The first-order chi connectivity index (χ1) is 18.4. The van der Waals surface area contributed by atoms with Crippen molar-refractivity contribution in [3.05, 3.63) is 29.8 Å². The molecule has 0 amide bonds. The van der Waals surface area contributed by atoms with Crippen LogP contribution in [0.5, 0.6) is 0 Å². The quantitative estimate of drug-likeness (QED) is 0.164. The molecule has 11 heteroatoms. The maximum Gasteiger partial charge on any atom is 0.490 e. The van der Waals surface area contributed by atoms with E-state index in [0.29, 0.717) is 24.6 Å². The molecule has 0 spiro atoms. The Balaban J connectivity index is 0.000000532. The van der Waals surface area contributed by atoms with E-state index >= 15 is 0 Å². The highest BCUT2D eigenvalue weighted by atomic mass is 19.4. The summed E-state index contributed by atoms with van der Waals surface area (Å²) in [7, 11) is 0. The number of ether oxygens (including phenoxy) is 1. The van der Waals surface area contributed by atoms with Gasteiger partial charge < -0.3 is 25.6 Å². The second-order valence-corrected chi connectivity index (χ2v) is 11.3. The number of carboxylic acids is 2. The van der Waals surface area contributed by atoms with E-state index in [0.717, 1.165) is 42.4 Å². The van der Waals surface area contributed by atoms with Crippen molar-refractivity contribution in [1.82, 2.24) is 5.32 Å². The minimum atomic E-state index is -5.08. The van der Waals surface area contributed by atoms with E-state index in [2.05, 4.69) is 17.6 Å². The third-order valence-electron chi connectivity index (χ3n) is 7.85. The Labute approximate surface area is 227 Å². The van der Waals surface area contributed by atoms with Crippen LogP contribution in [0.2, 0.25) is 0 Å². The van der Waals surface area contributed by atoms with Gasteiger partial charge in [-0.3, -0.25) is 4.99 Å². The van der Waals surface area contributed by atoms with Crippen LogP contribution in [0.1, 0.15) is 75.6 Å². The first-order valence-electron chi connectivity index (χ1n) is 13.7. The van der Waals surface area contributed by atoms with Gasteiger partial charge in [0.2, 0.25) is 0 Å². The topological polar surface area (TPSA) is 120 Å². The Bertz CT molecular complexity index is 962. The molecule has 39 heavy (non-hydrogen) atoms. The van der Waals surface area contributed by atoms with Crippen molar-refractivity contribution in [3.63, 3.8) is 0 Å². The molecule has 5 rings (SSSR count). The molecular weight excluding hydrogens is 515 g/mol. The summed E-state index contributed by atoms with van der Waals surface area (Å²) in [5.41, 5.74) is 1.65. The molecular formula is C28H40F3N3O5. The first kappa shape index (κ1) is 30.7. The molecule has 1 aromatic rings. The van der Waals surface area contributed by atoms with Crippen LogP contribution >= 0.6 is 0 Å². The molecule has 0 radical (unpaired) electrons. The van der Waals surface area contributed by atoms with Crippen molar-refractivity contribution < 1.29 is 37.7 Å². The molecule has 8 nitrogen and oxygen atoms in total. The fraction of sp³-hybridized carbons (Fsp3) is 0.679. The van der Waals surface area contributed by atoms with Gasteiger partial charge in [0, 0.05) is 31.5 Å². The van der Waals surface area contributed by atoms with E-state index in [1.54, 1.807) is 24.3 Å². The number of aliphatic imine (C=N–C) groups is 1. The lowest BCUT2D eigenvalue weighted by molar-refractivity contribution is -0.192. The van der Waals surface area contributed by atoms with Crippen LogP contribution in [-0.4, -0.2) is 60.1 Å².